The molecule has 0 aromatic carbocycles. The highest BCUT2D eigenvalue weighted by Gasteiger charge is 2.37. The summed E-state index contributed by atoms with van der Waals surface area (Å²) < 4.78 is 0. The summed E-state index contributed by atoms with van der Waals surface area (Å²) in [6.07, 6.45) is 6.41. The van der Waals surface area contributed by atoms with Crippen LogP contribution in [-0.2, 0) is 0 Å². The minimum atomic E-state index is 0.271. The molecule has 2 saturated heterocycles. The maximum atomic E-state index is 6.27. The van der Waals surface area contributed by atoms with E-state index in [9.17, 15) is 0 Å². The minimum absolute atomic E-state index is 0.271. The summed E-state index contributed by atoms with van der Waals surface area (Å²) in [5.74, 6) is 0. The highest BCUT2D eigenvalue weighted by atomic mass is 15.3. The van der Waals surface area contributed by atoms with Crippen LogP contribution in [0, 0.1) is 0 Å². The van der Waals surface area contributed by atoms with E-state index in [-0.39, 0.29) is 5.54 Å². The van der Waals surface area contributed by atoms with Crippen LogP contribution >= 0.6 is 0 Å². The van der Waals surface area contributed by atoms with Gasteiger partial charge in [0, 0.05) is 31.7 Å². The summed E-state index contributed by atoms with van der Waals surface area (Å²) in [5, 5.41) is 0. The molecular weight excluding hydrogens is 248 g/mol. The van der Waals surface area contributed by atoms with Crippen molar-refractivity contribution in [3.8, 4) is 0 Å². The number of hydrogen-bond acceptors (Lipinski definition) is 4. The van der Waals surface area contributed by atoms with Crippen molar-refractivity contribution in [2.24, 2.45) is 5.73 Å². The van der Waals surface area contributed by atoms with Crippen LogP contribution in [0.3, 0.4) is 0 Å². The molecule has 2 rings (SSSR count). The third-order valence-electron chi connectivity index (χ3n) is 5.32. The Balaban J connectivity index is 2.00. The Hall–Kier alpha value is -0.160. The highest BCUT2D eigenvalue weighted by molar-refractivity contribution is 4.95. The SMILES string of the molecule is CCCN1CCCC(CN)(N2CCCN(C)CC2)CC1. The molecule has 0 aromatic rings. The number of likely N-dealkylation sites (N-methyl/N-ethyl adjacent to an activating group) is 1. The number of hydrogen-bond donors (Lipinski definition) is 1. The van der Waals surface area contributed by atoms with E-state index in [1.54, 1.807) is 0 Å². The average Bonchev–Trinajstić information content (AvgIpc) is 2.79. The van der Waals surface area contributed by atoms with E-state index in [1.165, 1.54) is 77.9 Å². The molecule has 0 aliphatic carbocycles. The summed E-state index contributed by atoms with van der Waals surface area (Å²) in [6, 6.07) is 0. The summed E-state index contributed by atoms with van der Waals surface area (Å²) in [5.41, 5.74) is 6.54. The third kappa shape index (κ3) is 3.94. The molecule has 0 radical (unpaired) electrons. The Bertz CT molecular complexity index is 284. The molecule has 2 heterocycles. The predicted molar refractivity (Wildman–Crippen MR) is 86.1 cm³/mol. The first kappa shape index (κ1) is 16.2. The van der Waals surface area contributed by atoms with Gasteiger partial charge in [0.05, 0.1) is 0 Å². The van der Waals surface area contributed by atoms with Gasteiger partial charge < -0.3 is 15.5 Å². The largest absolute Gasteiger partial charge is 0.329 e. The molecule has 2 aliphatic heterocycles. The Labute approximate surface area is 125 Å². The Kier molecular flexibility index (Phi) is 6.27. The fourth-order valence-electron chi connectivity index (χ4n) is 3.94. The summed E-state index contributed by atoms with van der Waals surface area (Å²) >= 11 is 0. The monoisotopic (exact) mass is 282 g/mol. The molecule has 0 bridgehead atoms. The smallest absolute Gasteiger partial charge is 0.0344 e. The number of rotatable bonds is 4. The van der Waals surface area contributed by atoms with Gasteiger partial charge in [0.1, 0.15) is 0 Å². The Morgan fingerprint density at radius 1 is 0.950 bits per heavy atom. The van der Waals surface area contributed by atoms with Gasteiger partial charge >= 0.3 is 0 Å². The van der Waals surface area contributed by atoms with Crippen LogP contribution < -0.4 is 5.73 Å². The van der Waals surface area contributed by atoms with E-state index in [0.717, 1.165) is 6.54 Å². The van der Waals surface area contributed by atoms with Crippen LogP contribution in [0.1, 0.15) is 39.0 Å². The lowest BCUT2D eigenvalue weighted by atomic mass is 9.88. The highest BCUT2D eigenvalue weighted by Crippen LogP contribution is 2.29. The van der Waals surface area contributed by atoms with Crippen molar-refractivity contribution in [3.05, 3.63) is 0 Å². The number of nitrogens with zero attached hydrogens (tertiary/aromatic N) is 3. The van der Waals surface area contributed by atoms with Crippen LogP contribution in [0.15, 0.2) is 0 Å². The lowest BCUT2D eigenvalue weighted by molar-refractivity contribution is 0.0822. The molecule has 1 atom stereocenters. The molecule has 1 unspecified atom stereocenters. The molecule has 2 aliphatic rings. The third-order valence-corrected chi connectivity index (χ3v) is 5.32. The molecule has 0 saturated carbocycles. The standard InChI is InChI=1S/C16H34N4/c1-3-8-19-10-4-6-16(15-17,7-12-19)20-11-5-9-18(2)13-14-20/h3-15,17H2,1-2H3. The summed E-state index contributed by atoms with van der Waals surface area (Å²) in [7, 11) is 2.24. The molecule has 4 heteroatoms. The zero-order chi connectivity index (χ0) is 14.4. The fourth-order valence-corrected chi connectivity index (χ4v) is 3.94. The van der Waals surface area contributed by atoms with Crippen LogP contribution in [0.2, 0.25) is 0 Å². The molecule has 4 nitrogen and oxygen atoms in total. The maximum absolute atomic E-state index is 6.27. The number of nitrogens with two attached hydrogens (primary N) is 1. The van der Waals surface area contributed by atoms with Crippen LogP contribution in [0.25, 0.3) is 0 Å². The topological polar surface area (TPSA) is 35.7 Å². The normalized spacial score (nSPS) is 31.9. The predicted octanol–water partition coefficient (Wildman–Crippen LogP) is 1.22. The van der Waals surface area contributed by atoms with Gasteiger partial charge in [0.15, 0.2) is 0 Å². The van der Waals surface area contributed by atoms with Crippen molar-refractivity contribution in [1.29, 1.82) is 0 Å². The van der Waals surface area contributed by atoms with Gasteiger partial charge in [0.2, 0.25) is 0 Å². The van der Waals surface area contributed by atoms with Crippen molar-refractivity contribution >= 4 is 0 Å². The molecule has 0 spiro atoms. The van der Waals surface area contributed by atoms with Gasteiger partial charge in [-0.25, -0.2) is 0 Å². The Morgan fingerprint density at radius 3 is 2.55 bits per heavy atom. The van der Waals surface area contributed by atoms with Crippen LogP contribution in [0.4, 0.5) is 0 Å². The summed E-state index contributed by atoms with van der Waals surface area (Å²) in [4.78, 5) is 7.83. The number of likely N-dealkylation sites (tertiary alicyclic amines) is 1. The Morgan fingerprint density at radius 2 is 1.80 bits per heavy atom. The second-order valence-corrected chi connectivity index (χ2v) is 6.77. The van der Waals surface area contributed by atoms with Gasteiger partial charge in [-0.1, -0.05) is 6.92 Å². The van der Waals surface area contributed by atoms with E-state index in [1.807, 2.05) is 0 Å². The van der Waals surface area contributed by atoms with Crippen molar-refractivity contribution in [3.63, 3.8) is 0 Å². The fraction of sp³-hybridized carbons (Fsp3) is 1.00. The van der Waals surface area contributed by atoms with E-state index in [0.29, 0.717) is 0 Å². The zero-order valence-electron chi connectivity index (χ0n) is 13.6. The zero-order valence-corrected chi connectivity index (χ0v) is 13.6. The van der Waals surface area contributed by atoms with Gasteiger partial charge in [-0.3, -0.25) is 4.90 Å². The van der Waals surface area contributed by atoms with Gasteiger partial charge in [-0.15, -0.1) is 0 Å². The molecular formula is C16H34N4. The van der Waals surface area contributed by atoms with Crippen LogP contribution in [0.5, 0.6) is 0 Å². The van der Waals surface area contributed by atoms with Gasteiger partial charge in [-0.2, -0.15) is 0 Å². The average molecular weight is 282 g/mol. The van der Waals surface area contributed by atoms with Crippen LogP contribution in [-0.4, -0.2) is 79.6 Å². The van der Waals surface area contributed by atoms with Crippen molar-refractivity contribution in [2.75, 3.05) is 59.4 Å². The minimum Gasteiger partial charge on any atom is -0.329 e. The van der Waals surface area contributed by atoms with Crippen molar-refractivity contribution in [2.45, 2.75) is 44.6 Å². The lowest BCUT2D eigenvalue weighted by Crippen LogP contribution is -2.55. The lowest BCUT2D eigenvalue weighted by Gasteiger charge is -2.43. The second kappa shape index (κ2) is 7.74. The molecule has 2 N–H and O–H groups in total. The van der Waals surface area contributed by atoms with Crippen molar-refractivity contribution in [1.82, 2.24) is 14.7 Å². The maximum Gasteiger partial charge on any atom is 0.0344 e. The van der Waals surface area contributed by atoms with Crippen molar-refractivity contribution < 1.29 is 0 Å². The van der Waals surface area contributed by atoms with E-state index in [2.05, 4.69) is 28.7 Å². The van der Waals surface area contributed by atoms with E-state index in [4.69, 9.17) is 5.73 Å². The van der Waals surface area contributed by atoms with Gasteiger partial charge in [-0.05, 0) is 65.3 Å². The summed E-state index contributed by atoms with van der Waals surface area (Å²) in [6.45, 7) is 11.7. The quantitative estimate of drug-likeness (QED) is 0.841. The second-order valence-electron chi connectivity index (χ2n) is 6.77. The first-order valence-corrected chi connectivity index (χ1v) is 8.56. The van der Waals surface area contributed by atoms with Gasteiger partial charge in [0.25, 0.3) is 0 Å². The molecule has 20 heavy (non-hydrogen) atoms. The molecule has 0 aromatic heterocycles. The molecule has 118 valence electrons. The van der Waals surface area contributed by atoms with E-state index >= 15 is 0 Å². The molecule has 0 amide bonds. The molecule has 2 fully saturated rings. The first-order chi connectivity index (χ1) is 9.70. The first-order valence-electron chi connectivity index (χ1n) is 8.56. The van der Waals surface area contributed by atoms with E-state index < -0.39 is 0 Å².